The van der Waals surface area contributed by atoms with E-state index in [0.717, 1.165) is 31.6 Å². The van der Waals surface area contributed by atoms with Gasteiger partial charge in [-0.1, -0.05) is 13.8 Å². The van der Waals surface area contributed by atoms with Crippen LogP contribution in [0.4, 0.5) is 0 Å². The molecule has 0 aromatic carbocycles. The van der Waals surface area contributed by atoms with Gasteiger partial charge in [-0.05, 0) is 32.3 Å². The number of ether oxygens (including phenoxy) is 1. The van der Waals surface area contributed by atoms with Crippen molar-refractivity contribution < 1.29 is 9.53 Å². The molecule has 4 nitrogen and oxygen atoms in total. The summed E-state index contributed by atoms with van der Waals surface area (Å²) in [6.45, 7) is 7.07. The van der Waals surface area contributed by atoms with Gasteiger partial charge >= 0.3 is 0 Å². The zero-order valence-corrected chi connectivity index (χ0v) is 12.1. The van der Waals surface area contributed by atoms with Gasteiger partial charge in [-0.25, -0.2) is 0 Å². The van der Waals surface area contributed by atoms with Crippen LogP contribution in [-0.2, 0) is 16.0 Å². The van der Waals surface area contributed by atoms with Gasteiger partial charge in [0, 0.05) is 24.8 Å². The molecule has 0 spiro atoms. The van der Waals surface area contributed by atoms with Crippen molar-refractivity contribution >= 4 is 5.78 Å². The van der Waals surface area contributed by atoms with Crippen molar-refractivity contribution in [2.45, 2.75) is 58.6 Å². The van der Waals surface area contributed by atoms with Gasteiger partial charge < -0.3 is 4.74 Å². The average Bonchev–Trinajstić information content (AvgIpc) is 3.05. The van der Waals surface area contributed by atoms with Crippen LogP contribution in [-0.4, -0.2) is 28.3 Å². The van der Waals surface area contributed by atoms with Crippen LogP contribution in [0.5, 0.6) is 0 Å². The molecule has 0 aliphatic carbocycles. The number of hydrogen-bond donors (Lipinski definition) is 0. The fourth-order valence-electron chi connectivity index (χ4n) is 2.63. The fourth-order valence-corrected chi connectivity index (χ4v) is 2.63. The maximum atomic E-state index is 12.3. The lowest BCUT2D eigenvalue weighted by atomic mass is 9.92. The summed E-state index contributed by atoms with van der Waals surface area (Å²) in [7, 11) is 0. The highest BCUT2D eigenvalue weighted by Gasteiger charge is 2.32. The molecule has 4 heteroatoms. The van der Waals surface area contributed by atoms with Crippen LogP contribution in [0, 0.1) is 5.92 Å². The Morgan fingerprint density at radius 3 is 3.05 bits per heavy atom. The molecular weight excluding hydrogens is 240 g/mol. The SMILES string of the molecule is CCC1OCCC1C(=O)Cc1ccn(C(C)CC)n1. The monoisotopic (exact) mass is 264 g/mol. The Bertz CT molecular complexity index is 428. The normalized spacial score (nSPS) is 24.6. The first-order valence-corrected chi connectivity index (χ1v) is 7.34. The number of Topliss-reactive ketones (excluding diaryl/α,β-unsaturated/α-hetero) is 1. The van der Waals surface area contributed by atoms with E-state index in [-0.39, 0.29) is 17.8 Å². The second kappa shape index (κ2) is 6.33. The average molecular weight is 264 g/mol. The zero-order valence-electron chi connectivity index (χ0n) is 12.1. The standard InChI is InChI=1S/C15H24N2O2/c1-4-11(3)17-8-6-12(16-17)10-14(18)13-7-9-19-15(13)5-2/h6,8,11,13,15H,4-5,7,9-10H2,1-3H3. The van der Waals surface area contributed by atoms with E-state index >= 15 is 0 Å². The molecule has 1 aromatic heterocycles. The van der Waals surface area contributed by atoms with E-state index in [1.165, 1.54) is 0 Å². The fraction of sp³-hybridized carbons (Fsp3) is 0.733. The highest BCUT2D eigenvalue weighted by Crippen LogP contribution is 2.25. The summed E-state index contributed by atoms with van der Waals surface area (Å²) in [5, 5.41) is 4.50. The van der Waals surface area contributed by atoms with Gasteiger partial charge in [0.2, 0.25) is 0 Å². The van der Waals surface area contributed by atoms with Gasteiger partial charge in [0.25, 0.3) is 0 Å². The summed E-state index contributed by atoms with van der Waals surface area (Å²) >= 11 is 0. The number of carbonyl (C=O) groups excluding carboxylic acids is 1. The first kappa shape index (κ1) is 14.3. The van der Waals surface area contributed by atoms with E-state index in [0.29, 0.717) is 12.5 Å². The lowest BCUT2D eigenvalue weighted by molar-refractivity contribution is -0.123. The van der Waals surface area contributed by atoms with Crippen molar-refractivity contribution in [2.75, 3.05) is 6.61 Å². The molecule has 0 N–H and O–H groups in total. The molecule has 2 heterocycles. The lowest BCUT2D eigenvalue weighted by Crippen LogP contribution is -2.25. The van der Waals surface area contributed by atoms with E-state index in [2.05, 4.69) is 25.9 Å². The lowest BCUT2D eigenvalue weighted by Gasteiger charge is -2.14. The smallest absolute Gasteiger partial charge is 0.144 e. The van der Waals surface area contributed by atoms with Gasteiger partial charge in [-0.3, -0.25) is 9.48 Å². The Morgan fingerprint density at radius 2 is 2.37 bits per heavy atom. The minimum atomic E-state index is 0.0683. The first-order chi connectivity index (χ1) is 9.15. The molecule has 106 valence electrons. The molecule has 19 heavy (non-hydrogen) atoms. The highest BCUT2D eigenvalue weighted by atomic mass is 16.5. The number of nitrogens with zero attached hydrogens (tertiary/aromatic N) is 2. The quantitative estimate of drug-likeness (QED) is 0.793. The van der Waals surface area contributed by atoms with Crippen molar-refractivity contribution in [3.63, 3.8) is 0 Å². The number of carbonyl (C=O) groups is 1. The molecule has 3 atom stereocenters. The molecule has 1 aromatic rings. The second-order valence-corrected chi connectivity index (χ2v) is 5.40. The van der Waals surface area contributed by atoms with E-state index in [4.69, 9.17) is 4.74 Å². The summed E-state index contributed by atoms with van der Waals surface area (Å²) in [5.74, 6) is 0.345. The van der Waals surface area contributed by atoms with Crippen LogP contribution in [0.25, 0.3) is 0 Å². The number of aromatic nitrogens is 2. The van der Waals surface area contributed by atoms with E-state index < -0.39 is 0 Å². The molecule has 0 amide bonds. The number of ketones is 1. The van der Waals surface area contributed by atoms with Gasteiger partial charge in [0.05, 0.1) is 18.2 Å². The summed E-state index contributed by atoms with van der Waals surface area (Å²) in [6, 6.07) is 2.35. The van der Waals surface area contributed by atoms with Gasteiger partial charge in [0.1, 0.15) is 5.78 Å². The van der Waals surface area contributed by atoms with Crippen molar-refractivity contribution in [1.29, 1.82) is 0 Å². The third-order valence-electron chi connectivity index (χ3n) is 4.09. The topological polar surface area (TPSA) is 44.1 Å². The van der Waals surface area contributed by atoms with Crippen LogP contribution >= 0.6 is 0 Å². The van der Waals surface area contributed by atoms with E-state index in [1.54, 1.807) is 0 Å². The van der Waals surface area contributed by atoms with E-state index in [1.807, 2.05) is 16.9 Å². The Kier molecular flexibility index (Phi) is 4.75. The van der Waals surface area contributed by atoms with Gasteiger partial charge in [-0.15, -0.1) is 0 Å². The predicted molar refractivity (Wildman–Crippen MR) is 74.1 cm³/mol. The van der Waals surface area contributed by atoms with Crippen LogP contribution in [0.2, 0.25) is 0 Å². The predicted octanol–water partition coefficient (Wildman–Crippen LogP) is 2.78. The third kappa shape index (κ3) is 3.24. The minimum Gasteiger partial charge on any atom is -0.377 e. The molecule has 3 unspecified atom stereocenters. The van der Waals surface area contributed by atoms with E-state index in [9.17, 15) is 4.79 Å². The minimum absolute atomic E-state index is 0.0683. The maximum absolute atomic E-state index is 12.3. The zero-order chi connectivity index (χ0) is 13.8. The van der Waals surface area contributed by atoms with Gasteiger partial charge in [-0.2, -0.15) is 5.10 Å². The molecule has 1 saturated heterocycles. The molecular formula is C15H24N2O2. The number of hydrogen-bond acceptors (Lipinski definition) is 3. The van der Waals surface area contributed by atoms with Crippen LogP contribution in [0.1, 0.15) is 51.8 Å². The molecule has 0 saturated carbocycles. The van der Waals surface area contributed by atoms with Gasteiger partial charge in [0.15, 0.2) is 0 Å². The van der Waals surface area contributed by atoms with Crippen LogP contribution < -0.4 is 0 Å². The Hall–Kier alpha value is -1.16. The largest absolute Gasteiger partial charge is 0.377 e. The Labute approximate surface area is 115 Å². The van der Waals surface area contributed by atoms with Crippen molar-refractivity contribution in [3.8, 4) is 0 Å². The molecule has 2 rings (SSSR count). The summed E-state index contributed by atoms with van der Waals surface area (Å²) < 4.78 is 7.54. The number of rotatable bonds is 6. The molecule has 1 aliphatic heterocycles. The van der Waals surface area contributed by atoms with Crippen molar-refractivity contribution in [1.82, 2.24) is 9.78 Å². The summed E-state index contributed by atoms with van der Waals surface area (Å²) in [6.07, 6.45) is 5.35. The Morgan fingerprint density at radius 1 is 1.58 bits per heavy atom. The van der Waals surface area contributed by atoms with Crippen molar-refractivity contribution in [3.05, 3.63) is 18.0 Å². The highest BCUT2D eigenvalue weighted by molar-refractivity contribution is 5.83. The Balaban J connectivity index is 1.97. The molecule has 1 aliphatic rings. The third-order valence-corrected chi connectivity index (χ3v) is 4.09. The summed E-state index contributed by atoms with van der Waals surface area (Å²) in [5.41, 5.74) is 0.882. The maximum Gasteiger partial charge on any atom is 0.144 e. The molecule has 1 fully saturated rings. The van der Waals surface area contributed by atoms with Crippen LogP contribution in [0.3, 0.4) is 0 Å². The van der Waals surface area contributed by atoms with Crippen molar-refractivity contribution in [2.24, 2.45) is 5.92 Å². The second-order valence-electron chi connectivity index (χ2n) is 5.40. The summed E-state index contributed by atoms with van der Waals surface area (Å²) in [4.78, 5) is 12.3. The molecule has 0 radical (unpaired) electrons. The molecule has 0 bridgehead atoms. The first-order valence-electron chi connectivity index (χ1n) is 7.34. The van der Waals surface area contributed by atoms with Crippen LogP contribution in [0.15, 0.2) is 12.3 Å².